The van der Waals surface area contributed by atoms with Crippen LogP contribution in [-0.4, -0.2) is 15.1 Å². The Bertz CT molecular complexity index is 233. The molecular weight excluding hydrogens is 152 g/mol. The van der Waals surface area contributed by atoms with Crippen LogP contribution in [0.25, 0.3) is 0 Å². The molecule has 0 spiro atoms. The summed E-state index contributed by atoms with van der Waals surface area (Å²) in [5.74, 6) is 0.821. The summed E-state index contributed by atoms with van der Waals surface area (Å²) in [7, 11) is 0. The lowest BCUT2D eigenvalue weighted by molar-refractivity contribution is 0.173. The van der Waals surface area contributed by atoms with E-state index < -0.39 is 6.10 Å². The summed E-state index contributed by atoms with van der Waals surface area (Å²) in [5, 5.41) is 9.41. The van der Waals surface area contributed by atoms with Crippen LogP contribution in [0.4, 0.5) is 0 Å². The highest BCUT2D eigenvalue weighted by Gasteiger charge is 2.04. The van der Waals surface area contributed by atoms with E-state index in [4.69, 9.17) is 0 Å². The molecule has 1 N–H and O–H groups in total. The second-order valence-electron chi connectivity index (χ2n) is 2.71. The Labute approximate surface area is 72.5 Å². The van der Waals surface area contributed by atoms with Crippen molar-refractivity contribution in [3.63, 3.8) is 0 Å². The first kappa shape index (κ1) is 9.13. The molecule has 0 aliphatic heterocycles. The highest BCUT2D eigenvalue weighted by molar-refractivity contribution is 5.08. The molecule has 1 aromatic heterocycles. The summed E-state index contributed by atoms with van der Waals surface area (Å²) in [6, 6.07) is 0. The first-order valence-electron chi connectivity index (χ1n) is 4.26. The predicted octanol–water partition coefficient (Wildman–Crippen LogP) is 1.48. The van der Waals surface area contributed by atoms with Crippen LogP contribution in [0.3, 0.4) is 0 Å². The van der Waals surface area contributed by atoms with Crippen LogP contribution in [0.2, 0.25) is 0 Å². The summed E-state index contributed by atoms with van der Waals surface area (Å²) >= 11 is 0. The molecular formula is C9H14N2O. The smallest absolute Gasteiger partial charge is 0.127 e. The molecule has 12 heavy (non-hydrogen) atoms. The van der Waals surface area contributed by atoms with E-state index >= 15 is 0 Å². The zero-order valence-electron chi connectivity index (χ0n) is 7.49. The number of aromatic nitrogens is 2. The van der Waals surface area contributed by atoms with Gasteiger partial charge < -0.3 is 5.11 Å². The van der Waals surface area contributed by atoms with Gasteiger partial charge in [-0.25, -0.2) is 9.97 Å². The van der Waals surface area contributed by atoms with Crippen molar-refractivity contribution in [2.75, 3.05) is 0 Å². The first-order valence-corrected chi connectivity index (χ1v) is 4.26. The molecule has 0 saturated heterocycles. The van der Waals surface area contributed by atoms with Crippen molar-refractivity contribution in [2.24, 2.45) is 0 Å². The van der Waals surface area contributed by atoms with Crippen molar-refractivity contribution >= 4 is 0 Å². The lowest BCUT2D eigenvalue weighted by Gasteiger charge is -2.06. The number of aliphatic hydroxyl groups is 1. The van der Waals surface area contributed by atoms with Gasteiger partial charge in [-0.1, -0.05) is 13.8 Å². The van der Waals surface area contributed by atoms with Crippen LogP contribution in [-0.2, 0) is 6.42 Å². The Kier molecular flexibility index (Phi) is 3.17. The van der Waals surface area contributed by atoms with Gasteiger partial charge in [0, 0.05) is 24.4 Å². The van der Waals surface area contributed by atoms with E-state index in [2.05, 4.69) is 9.97 Å². The molecule has 0 fully saturated rings. The third-order valence-corrected chi connectivity index (χ3v) is 1.81. The average molecular weight is 166 g/mol. The molecule has 0 bridgehead atoms. The summed E-state index contributed by atoms with van der Waals surface area (Å²) in [5.41, 5.74) is 0.801. The van der Waals surface area contributed by atoms with Crippen LogP contribution in [0, 0.1) is 0 Å². The molecule has 3 nitrogen and oxygen atoms in total. The molecule has 0 radical (unpaired) electrons. The summed E-state index contributed by atoms with van der Waals surface area (Å²) < 4.78 is 0. The number of rotatable bonds is 3. The summed E-state index contributed by atoms with van der Waals surface area (Å²) in [6.45, 7) is 3.93. The van der Waals surface area contributed by atoms with Gasteiger partial charge in [0.1, 0.15) is 5.82 Å². The Morgan fingerprint density at radius 3 is 2.33 bits per heavy atom. The molecule has 3 heteroatoms. The molecule has 1 rings (SSSR count). The fourth-order valence-electron chi connectivity index (χ4n) is 0.955. The minimum Gasteiger partial charge on any atom is -0.388 e. The zero-order valence-corrected chi connectivity index (χ0v) is 7.49. The predicted molar refractivity (Wildman–Crippen MR) is 46.7 cm³/mol. The van der Waals surface area contributed by atoms with Crippen molar-refractivity contribution in [3.8, 4) is 0 Å². The van der Waals surface area contributed by atoms with Crippen LogP contribution in [0.1, 0.15) is 37.8 Å². The van der Waals surface area contributed by atoms with E-state index in [1.165, 1.54) is 0 Å². The van der Waals surface area contributed by atoms with Crippen molar-refractivity contribution in [1.82, 2.24) is 9.97 Å². The van der Waals surface area contributed by atoms with Gasteiger partial charge in [-0.15, -0.1) is 0 Å². The molecule has 1 heterocycles. The fourth-order valence-corrected chi connectivity index (χ4v) is 0.955. The molecule has 0 aromatic carbocycles. The highest BCUT2D eigenvalue weighted by atomic mass is 16.3. The Balaban J connectivity index is 2.77. The number of aliphatic hydroxyl groups excluding tert-OH is 1. The number of hydrogen-bond donors (Lipinski definition) is 1. The maximum atomic E-state index is 9.41. The van der Waals surface area contributed by atoms with Crippen LogP contribution < -0.4 is 0 Å². The van der Waals surface area contributed by atoms with Gasteiger partial charge in [-0.2, -0.15) is 0 Å². The van der Waals surface area contributed by atoms with Gasteiger partial charge in [-0.3, -0.25) is 0 Å². The minimum atomic E-state index is -0.420. The quantitative estimate of drug-likeness (QED) is 0.739. The van der Waals surface area contributed by atoms with Gasteiger partial charge in [0.05, 0.1) is 6.10 Å². The minimum absolute atomic E-state index is 0.420. The van der Waals surface area contributed by atoms with Crippen molar-refractivity contribution in [1.29, 1.82) is 0 Å². The van der Waals surface area contributed by atoms with Gasteiger partial charge in [0.2, 0.25) is 0 Å². The van der Waals surface area contributed by atoms with E-state index in [0.29, 0.717) is 6.42 Å². The Morgan fingerprint density at radius 2 is 1.92 bits per heavy atom. The maximum absolute atomic E-state index is 9.41. The average Bonchev–Trinajstić information content (AvgIpc) is 2.17. The Hall–Kier alpha value is -0.960. The first-order chi connectivity index (χ1) is 5.77. The Morgan fingerprint density at radius 1 is 1.33 bits per heavy atom. The SMILES string of the molecule is CCc1ncc([C@H](O)CC)cn1. The third kappa shape index (κ3) is 2.01. The second-order valence-corrected chi connectivity index (χ2v) is 2.71. The lowest BCUT2D eigenvalue weighted by atomic mass is 10.1. The van der Waals surface area contributed by atoms with Crippen molar-refractivity contribution < 1.29 is 5.11 Å². The molecule has 1 aromatic rings. The normalized spacial score (nSPS) is 12.9. The van der Waals surface area contributed by atoms with Crippen LogP contribution >= 0.6 is 0 Å². The molecule has 1 atom stereocenters. The standard InChI is InChI=1S/C9H14N2O/c1-3-8(12)7-5-10-9(4-2)11-6-7/h5-6,8,12H,3-4H2,1-2H3/t8-/m1/s1. The summed E-state index contributed by atoms with van der Waals surface area (Å²) in [4.78, 5) is 8.19. The van der Waals surface area contributed by atoms with Gasteiger partial charge >= 0.3 is 0 Å². The largest absolute Gasteiger partial charge is 0.388 e. The van der Waals surface area contributed by atoms with Gasteiger partial charge in [0.25, 0.3) is 0 Å². The molecule has 0 amide bonds. The molecule has 66 valence electrons. The number of hydrogen-bond acceptors (Lipinski definition) is 3. The van der Waals surface area contributed by atoms with E-state index in [1.54, 1.807) is 12.4 Å². The van der Waals surface area contributed by atoms with Crippen molar-refractivity contribution in [3.05, 3.63) is 23.8 Å². The lowest BCUT2D eigenvalue weighted by Crippen LogP contribution is -1.99. The van der Waals surface area contributed by atoms with Gasteiger partial charge in [-0.05, 0) is 6.42 Å². The van der Waals surface area contributed by atoms with E-state index in [-0.39, 0.29) is 0 Å². The second kappa shape index (κ2) is 4.16. The summed E-state index contributed by atoms with van der Waals surface area (Å²) in [6.07, 6.45) is 4.51. The zero-order chi connectivity index (χ0) is 8.97. The van der Waals surface area contributed by atoms with Gasteiger partial charge in [0.15, 0.2) is 0 Å². The number of nitrogens with zero attached hydrogens (tertiary/aromatic N) is 2. The maximum Gasteiger partial charge on any atom is 0.127 e. The van der Waals surface area contributed by atoms with E-state index in [9.17, 15) is 5.11 Å². The molecule has 0 saturated carbocycles. The van der Waals surface area contributed by atoms with E-state index in [1.807, 2.05) is 13.8 Å². The van der Waals surface area contributed by atoms with Crippen LogP contribution in [0.15, 0.2) is 12.4 Å². The molecule has 0 aliphatic carbocycles. The highest BCUT2D eigenvalue weighted by Crippen LogP contribution is 2.13. The topological polar surface area (TPSA) is 46.0 Å². The van der Waals surface area contributed by atoms with E-state index in [0.717, 1.165) is 17.8 Å². The number of aryl methyl sites for hydroxylation is 1. The molecule has 0 aliphatic rings. The monoisotopic (exact) mass is 166 g/mol. The third-order valence-electron chi connectivity index (χ3n) is 1.81. The fraction of sp³-hybridized carbons (Fsp3) is 0.556. The molecule has 0 unspecified atom stereocenters. The van der Waals surface area contributed by atoms with Crippen LogP contribution in [0.5, 0.6) is 0 Å². The van der Waals surface area contributed by atoms with Crippen molar-refractivity contribution in [2.45, 2.75) is 32.8 Å².